The summed E-state index contributed by atoms with van der Waals surface area (Å²) in [4.78, 5) is 12.1. The molecule has 2 amide bonds. The first kappa shape index (κ1) is 17.3. The Morgan fingerprint density at radius 1 is 1.12 bits per heavy atom. The van der Waals surface area contributed by atoms with Gasteiger partial charge in [-0.05, 0) is 36.5 Å². The number of carbonyl (C=O) groups excluding carboxylic acids is 1. The molecule has 1 fully saturated rings. The lowest BCUT2D eigenvalue weighted by Crippen LogP contribution is -2.36. The number of nitrogens with one attached hydrogen (secondary N) is 2. The predicted octanol–water partition coefficient (Wildman–Crippen LogP) is 3.20. The van der Waals surface area contributed by atoms with E-state index in [-0.39, 0.29) is 12.6 Å². The number of ether oxygens (including phenoxy) is 1. The van der Waals surface area contributed by atoms with Crippen LogP contribution in [0.3, 0.4) is 0 Å². The molecule has 25 heavy (non-hydrogen) atoms. The minimum absolute atomic E-state index is 0.186. The Morgan fingerprint density at radius 2 is 1.84 bits per heavy atom. The summed E-state index contributed by atoms with van der Waals surface area (Å²) in [7, 11) is 0. The van der Waals surface area contributed by atoms with Crippen LogP contribution in [0.15, 0.2) is 54.6 Å². The Balaban J connectivity index is 1.45. The molecule has 0 bridgehead atoms. The summed E-state index contributed by atoms with van der Waals surface area (Å²) in [6, 6.07) is 16.7. The minimum Gasteiger partial charge on any atom is -0.491 e. The van der Waals surface area contributed by atoms with Crippen molar-refractivity contribution in [2.45, 2.75) is 25.4 Å². The van der Waals surface area contributed by atoms with Gasteiger partial charge in [0.25, 0.3) is 0 Å². The van der Waals surface area contributed by atoms with Gasteiger partial charge in [-0.1, -0.05) is 42.5 Å². The first-order chi connectivity index (χ1) is 12.2. The van der Waals surface area contributed by atoms with Gasteiger partial charge in [-0.15, -0.1) is 0 Å². The van der Waals surface area contributed by atoms with Crippen LogP contribution >= 0.6 is 0 Å². The van der Waals surface area contributed by atoms with Crippen molar-refractivity contribution in [1.82, 2.24) is 5.32 Å². The number of benzene rings is 2. The summed E-state index contributed by atoms with van der Waals surface area (Å²) >= 11 is 0. The van der Waals surface area contributed by atoms with Crippen LogP contribution in [0.4, 0.5) is 10.5 Å². The van der Waals surface area contributed by atoms with Gasteiger partial charge in [0.05, 0.1) is 18.4 Å². The third kappa shape index (κ3) is 5.80. The number of anilines is 1. The fraction of sp³-hybridized carbons (Fsp3) is 0.350. The highest BCUT2D eigenvalue weighted by Crippen LogP contribution is 2.31. The number of amides is 2. The number of carbonyl (C=O) groups is 1. The maximum absolute atomic E-state index is 12.1. The molecule has 5 nitrogen and oxygen atoms in total. The molecule has 2 aromatic carbocycles. The number of aliphatic hydroxyl groups excluding tert-OH is 1. The van der Waals surface area contributed by atoms with Gasteiger partial charge in [0, 0.05) is 13.0 Å². The average Bonchev–Trinajstić information content (AvgIpc) is 3.45. The van der Waals surface area contributed by atoms with Crippen molar-refractivity contribution in [3.63, 3.8) is 0 Å². The lowest BCUT2D eigenvalue weighted by Gasteiger charge is -2.15. The van der Waals surface area contributed by atoms with Crippen LogP contribution in [0.25, 0.3) is 0 Å². The summed E-state index contributed by atoms with van der Waals surface area (Å²) in [5.74, 6) is 1.32. The predicted molar refractivity (Wildman–Crippen MR) is 97.8 cm³/mol. The molecule has 3 N–H and O–H groups in total. The van der Waals surface area contributed by atoms with Crippen LogP contribution in [-0.2, 0) is 6.42 Å². The Labute approximate surface area is 148 Å². The summed E-state index contributed by atoms with van der Waals surface area (Å²) in [6.45, 7) is 0.877. The highest BCUT2D eigenvalue weighted by molar-refractivity contribution is 5.90. The van der Waals surface area contributed by atoms with E-state index in [0.717, 1.165) is 5.56 Å². The lowest BCUT2D eigenvalue weighted by atomic mass is 10.1. The molecule has 0 spiro atoms. The number of para-hydroxylation sites is 2. The summed E-state index contributed by atoms with van der Waals surface area (Å²) in [5, 5.41) is 15.5. The number of rotatable bonds is 8. The van der Waals surface area contributed by atoms with Crippen molar-refractivity contribution in [3.05, 3.63) is 60.2 Å². The van der Waals surface area contributed by atoms with Crippen molar-refractivity contribution in [1.29, 1.82) is 0 Å². The third-order valence-corrected chi connectivity index (χ3v) is 4.12. The van der Waals surface area contributed by atoms with E-state index < -0.39 is 6.10 Å². The van der Waals surface area contributed by atoms with E-state index in [1.54, 1.807) is 0 Å². The van der Waals surface area contributed by atoms with Gasteiger partial charge in [0.2, 0.25) is 0 Å². The average molecular weight is 340 g/mol. The Bertz CT molecular complexity index is 686. The highest BCUT2D eigenvalue weighted by atomic mass is 16.5. The summed E-state index contributed by atoms with van der Waals surface area (Å²) in [6.07, 6.45) is 2.31. The molecule has 1 atom stereocenters. The number of hydrogen-bond donors (Lipinski definition) is 3. The van der Waals surface area contributed by atoms with Crippen LogP contribution in [0, 0.1) is 5.92 Å². The van der Waals surface area contributed by atoms with E-state index >= 15 is 0 Å². The Kier molecular flexibility index (Phi) is 5.90. The molecule has 0 heterocycles. The van der Waals surface area contributed by atoms with Gasteiger partial charge in [0.15, 0.2) is 0 Å². The third-order valence-electron chi connectivity index (χ3n) is 4.12. The second-order valence-electron chi connectivity index (χ2n) is 6.43. The maximum atomic E-state index is 12.1. The molecule has 1 unspecified atom stereocenters. The monoisotopic (exact) mass is 340 g/mol. The van der Waals surface area contributed by atoms with Gasteiger partial charge in [-0.3, -0.25) is 0 Å². The van der Waals surface area contributed by atoms with E-state index in [2.05, 4.69) is 10.6 Å². The van der Waals surface area contributed by atoms with Gasteiger partial charge >= 0.3 is 6.03 Å². The van der Waals surface area contributed by atoms with Gasteiger partial charge < -0.3 is 20.5 Å². The quantitative estimate of drug-likeness (QED) is 0.691. The summed E-state index contributed by atoms with van der Waals surface area (Å²) < 4.78 is 5.77. The van der Waals surface area contributed by atoms with Gasteiger partial charge in [-0.25, -0.2) is 4.79 Å². The second-order valence-corrected chi connectivity index (χ2v) is 6.43. The van der Waals surface area contributed by atoms with Crippen molar-refractivity contribution in [2.75, 3.05) is 18.5 Å². The summed E-state index contributed by atoms with van der Waals surface area (Å²) in [5.41, 5.74) is 1.68. The highest BCUT2D eigenvalue weighted by Gasteiger charge is 2.22. The van der Waals surface area contributed by atoms with Gasteiger partial charge in [0.1, 0.15) is 5.75 Å². The first-order valence-corrected chi connectivity index (χ1v) is 8.69. The van der Waals surface area contributed by atoms with Crippen molar-refractivity contribution in [3.8, 4) is 5.75 Å². The Hall–Kier alpha value is -2.53. The normalized spacial score (nSPS) is 14.6. The Morgan fingerprint density at radius 3 is 2.60 bits per heavy atom. The molecule has 1 aliphatic rings. The van der Waals surface area contributed by atoms with Crippen LogP contribution < -0.4 is 15.4 Å². The molecule has 0 aromatic heterocycles. The maximum Gasteiger partial charge on any atom is 0.319 e. The lowest BCUT2D eigenvalue weighted by molar-refractivity contribution is 0.172. The number of urea groups is 1. The first-order valence-electron chi connectivity index (χ1n) is 8.69. The zero-order chi connectivity index (χ0) is 17.5. The van der Waals surface area contributed by atoms with E-state index in [1.165, 1.54) is 12.8 Å². The van der Waals surface area contributed by atoms with Gasteiger partial charge in [-0.2, -0.15) is 0 Å². The van der Waals surface area contributed by atoms with Crippen LogP contribution in [0.2, 0.25) is 0 Å². The number of hydrogen-bond acceptors (Lipinski definition) is 3. The fourth-order valence-electron chi connectivity index (χ4n) is 2.52. The molecule has 1 aliphatic carbocycles. The SMILES string of the molecule is O=C(NCC(O)Cc1ccccc1)Nc1ccccc1OCC1CC1. The number of aliphatic hydroxyl groups is 1. The van der Waals surface area contributed by atoms with Crippen molar-refractivity contribution in [2.24, 2.45) is 5.92 Å². The molecule has 132 valence electrons. The van der Waals surface area contributed by atoms with Crippen molar-refractivity contribution < 1.29 is 14.6 Å². The molecular weight excluding hydrogens is 316 g/mol. The zero-order valence-corrected chi connectivity index (χ0v) is 14.2. The molecule has 0 aliphatic heterocycles. The molecule has 1 saturated carbocycles. The molecule has 3 rings (SSSR count). The van der Waals surface area contributed by atoms with E-state index in [0.29, 0.717) is 30.4 Å². The molecule has 0 saturated heterocycles. The van der Waals surface area contributed by atoms with Crippen LogP contribution in [0.5, 0.6) is 5.75 Å². The van der Waals surface area contributed by atoms with Crippen LogP contribution in [0.1, 0.15) is 18.4 Å². The zero-order valence-electron chi connectivity index (χ0n) is 14.2. The van der Waals surface area contributed by atoms with E-state index in [1.807, 2.05) is 54.6 Å². The van der Waals surface area contributed by atoms with E-state index in [4.69, 9.17) is 4.74 Å². The molecular formula is C20H24N2O3. The smallest absolute Gasteiger partial charge is 0.319 e. The largest absolute Gasteiger partial charge is 0.491 e. The van der Waals surface area contributed by atoms with Crippen molar-refractivity contribution >= 4 is 11.7 Å². The second kappa shape index (κ2) is 8.53. The molecule has 5 heteroatoms. The molecule has 2 aromatic rings. The van der Waals surface area contributed by atoms with E-state index in [9.17, 15) is 9.90 Å². The topological polar surface area (TPSA) is 70.6 Å². The minimum atomic E-state index is -0.630. The fourth-order valence-corrected chi connectivity index (χ4v) is 2.52. The van der Waals surface area contributed by atoms with Crippen LogP contribution in [-0.4, -0.2) is 30.4 Å². The molecule has 0 radical (unpaired) electrons. The standard InChI is InChI=1S/C20H24N2O3/c23-17(12-15-6-2-1-3-7-15)13-21-20(24)22-18-8-4-5-9-19(18)25-14-16-10-11-16/h1-9,16-17,23H,10-14H2,(H2,21,22,24).